The van der Waals surface area contributed by atoms with Crippen LogP contribution in [0.15, 0.2) is 18.2 Å². The zero-order chi connectivity index (χ0) is 12.7. The summed E-state index contributed by atoms with van der Waals surface area (Å²) in [5, 5.41) is 3.45. The van der Waals surface area contributed by atoms with Crippen molar-refractivity contribution in [2.45, 2.75) is 45.9 Å². The van der Waals surface area contributed by atoms with Gasteiger partial charge < -0.3 is 5.32 Å². The summed E-state index contributed by atoms with van der Waals surface area (Å²) >= 11 is 2.04. The molecule has 2 heteroatoms. The lowest BCUT2D eigenvalue weighted by atomic mass is 10.1. The minimum Gasteiger partial charge on any atom is -0.315 e. The second-order valence-electron chi connectivity index (χ2n) is 4.80. The van der Waals surface area contributed by atoms with Gasteiger partial charge in [-0.25, -0.2) is 0 Å². The predicted octanol–water partition coefficient (Wildman–Crippen LogP) is 3.92. The van der Waals surface area contributed by atoms with Gasteiger partial charge >= 0.3 is 0 Å². The smallest absolute Gasteiger partial charge is 0.0184 e. The fourth-order valence-electron chi connectivity index (χ4n) is 2.05. The van der Waals surface area contributed by atoms with Crippen LogP contribution in [-0.4, -0.2) is 18.3 Å². The molecule has 0 heterocycles. The van der Waals surface area contributed by atoms with E-state index in [4.69, 9.17) is 0 Å². The molecular weight excluding hydrogens is 226 g/mol. The SMILES string of the molecule is CCNC(C)CCSCc1cc(C)cc(C)c1. The highest BCUT2D eigenvalue weighted by molar-refractivity contribution is 7.98. The van der Waals surface area contributed by atoms with Crippen molar-refractivity contribution in [3.8, 4) is 0 Å². The Balaban J connectivity index is 2.26. The van der Waals surface area contributed by atoms with E-state index in [0.29, 0.717) is 6.04 Å². The van der Waals surface area contributed by atoms with Crippen LogP contribution < -0.4 is 5.32 Å². The molecule has 96 valence electrons. The Bertz CT molecular complexity index is 315. The lowest BCUT2D eigenvalue weighted by molar-refractivity contribution is 0.556. The van der Waals surface area contributed by atoms with Gasteiger partial charge in [0.25, 0.3) is 0 Å². The van der Waals surface area contributed by atoms with Crippen molar-refractivity contribution in [3.05, 3.63) is 34.9 Å². The van der Waals surface area contributed by atoms with Crippen LogP contribution >= 0.6 is 11.8 Å². The standard InChI is InChI=1S/C15H25NS/c1-5-16-14(4)6-7-17-11-15-9-12(2)8-13(3)10-15/h8-10,14,16H,5-7,11H2,1-4H3. The van der Waals surface area contributed by atoms with Gasteiger partial charge in [-0.05, 0) is 45.1 Å². The summed E-state index contributed by atoms with van der Waals surface area (Å²) in [4.78, 5) is 0. The van der Waals surface area contributed by atoms with Gasteiger partial charge in [-0.3, -0.25) is 0 Å². The summed E-state index contributed by atoms with van der Waals surface area (Å²) < 4.78 is 0. The second-order valence-corrected chi connectivity index (χ2v) is 5.90. The molecule has 0 saturated carbocycles. The van der Waals surface area contributed by atoms with Gasteiger partial charge in [0.05, 0.1) is 0 Å². The molecule has 1 N–H and O–H groups in total. The van der Waals surface area contributed by atoms with E-state index >= 15 is 0 Å². The van der Waals surface area contributed by atoms with Crippen LogP contribution in [0.3, 0.4) is 0 Å². The highest BCUT2D eigenvalue weighted by Gasteiger charge is 2.00. The first-order valence-corrected chi connectivity index (χ1v) is 7.65. The van der Waals surface area contributed by atoms with E-state index in [1.54, 1.807) is 0 Å². The maximum atomic E-state index is 3.45. The highest BCUT2D eigenvalue weighted by Crippen LogP contribution is 2.16. The molecule has 0 saturated heterocycles. The topological polar surface area (TPSA) is 12.0 Å². The van der Waals surface area contributed by atoms with E-state index in [0.717, 1.165) is 12.3 Å². The molecule has 0 radical (unpaired) electrons. The van der Waals surface area contributed by atoms with Gasteiger partial charge in [0.2, 0.25) is 0 Å². The summed E-state index contributed by atoms with van der Waals surface area (Å²) in [7, 11) is 0. The molecular formula is C15H25NS. The minimum absolute atomic E-state index is 0.645. The average Bonchev–Trinajstić information content (AvgIpc) is 2.23. The maximum absolute atomic E-state index is 3.45. The van der Waals surface area contributed by atoms with Gasteiger partial charge in [-0.1, -0.05) is 36.2 Å². The molecule has 1 unspecified atom stereocenters. The van der Waals surface area contributed by atoms with Gasteiger partial charge in [0.15, 0.2) is 0 Å². The predicted molar refractivity (Wildman–Crippen MR) is 79.8 cm³/mol. The summed E-state index contributed by atoms with van der Waals surface area (Å²) in [5.74, 6) is 2.38. The number of thioether (sulfide) groups is 1. The number of aryl methyl sites for hydroxylation is 2. The fourth-order valence-corrected chi connectivity index (χ4v) is 3.12. The molecule has 0 aliphatic carbocycles. The Kier molecular flexibility index (Phi) is 6.68. The van der Waals surface area contributed by atoms with Crippen molar-refractivity contribution in [1.29, 1.82) is 0 Å². The van der Waals surface area contributed by atoms with Crippen LogP contribution in [0.1, 0.15) is 37.0 Å². The van der Waals surface area contributed by atoms with E-state index in [1.807, 2.05) is 11.8 Å². The molecule has 0 bridgehead atoms. The molecule has 0 aliphatic heterocycles. The summed E-state index contributed by atoms with van der Waals surface area (Å²) in [6.07, 6.45) is 1.25. The van der Waals surface area contributed by atoms with Gasteiger partial charge in [-0.15, -0.1) is 0 Å². The van der Waals surface area contributed by atoms with Crippen LogP contribution in [0, 0.1) is 13.8 Å². The fraction of sp³-hybridized carbons (Fsp3) is 0.600. The van der Waals surface area contributed by atoms with Crippen molar-refractivity contribution in [2.24, 2.45) is 0 Å². The molecule has 1 nitrogen and oxygen atoms in total. The largest absolute Gasteiger partial charge is 0.315 e. The molecule has 0 aromatic heterocycles. The van der Waals surface area contributed by atoms with E-state index in [1.165, 1.54) is 28.9 Å². The van der Waals surface area contributed by atoms with Crippen LogP contribution in [-0.2, 0) is 5.75 Å². The normalized spacial score (nSPS) is 12.7. The highest BCUT2D eigenvalue weighted by atomic mass is 32.2. The molecule has 0 spiro atoms. The monoisotopic (exact) mass is 251 g/mol. The Hall–Kier alpha value is -0.470. The molecule has 0 aliphatic rings. The van der Waals surface area contributed by atoms with Crippen LogP contribution in [0.25, 0.3) is 0 Å². The van der Waals surface area contributed by atoms with Gasteiger partial charge in [0.1, 0.15) is 0 Å². The minimum atomic E-state index is 0.645. The molecule has 1 atom stereocenters. The van der Waals surface area contributed by atoms with Crippen LogP contribution in [0.4, 0.5) is 0 Å². The van der Waals surface area contributed by atoms with E-state index in [9.17, 15) is 0 Å². The number of benzene rings is 1. The first kappa shape index (κ1) is 14.6. The second kappa shape index (κ2) is 7.78. The van der Waals surface area contributed by atoms with Crippen molar-refractivity contribution in [1.82, 2.24) is 5.32 Å². The first-order chi connectivity index (χ1) is 8.11. The van der Waals surface area contributed by atoms with Crippen molar-refractivity contribution >= 4 is 11.8 Å². The van der Waals surface area contributed by atoms with E-state index in [2.05, 4.69) is 51.2 Å². The summed E-state index contributed by atoms with van der Waals surface area (Å²) in [6.45, 7) is 9.85. The average molecular weight is 251 g/mol. The number of hydrogen-bond donors (Lipinski definition) is 1. The van der Waals surface area contributed by atoms with E-state index < -0.39 is 0 Å². The zero-order valence-electron chi connectivity index (χ0n) is 11.5. The van der Waals surface area contributed by atoms with Crippen LogP contribution in [0.2, 0.25) is 0 Å². The maximum Gasteiger partial charge on any atom is 0.0184 e. The number of nitrogens with one attached hydrogen (secondary N) is 1. The third kappa shape index (κ3) is 6.13. The Morgan fingerprint density at radius 2 is 1.82 bits per heavy atom. The van der Waals surface area contributed by atoms with Crippen LogP contribution in [0.5, 0.6) is 0 Å². The Morgan fingerprint density at radius 1 is 1.18 bits per heavy atom. The zero-order valence-corrected chi connectivity index (χ0v) is 12.4. The number of rotatable bonds is 7. The summed E-state index contributed by atoms with van der Waals surface area (Å²) in [6, 6.07) is 7.48. The molecule has 0 fully saturated rings. The lowest BCUT2D eigenvalue weighted by Crippen LogP contribution is -2.25. The van der Waals surface area contributed by atoms with Crippen molar-refractivity contribution in [2.75, 3.05) is 12.3 Å². The quantitative estimate of drug-likeness (QED) is 0.737. The van der Waals surface area contributed by atoms with Crippen molar-refractivity contribution in [3.63, 3.8) is 0 Å². The third-order valence-electron chi connectivity index (χ3n) is 2.80. The molecule has 17 heavy (non-hydrogen) atoms. The Morgan fingerprint density at radius 3 is 2.41 bits per heavy atom. The third-order valence-corrected chi connectivity index (χ3v) is 3.86. The summed E-state index contributed by atoms with van der Waals surface area (Å²) in [5.41, 5.74) is 4.21. The molecule has 0 amide bonds. The van der Waals surface area contributed by atoms with Gasteiger partial charge in [-0.2, -0.15) is 11.8 Å². The Labute approximate surface area is 110 Å². The molecule has 1 rings (SSSR count). The molecule has 1 aromatic rings. The first-order valence-electron chi connectivity index (χ1n) is 6.50. The number of hydrogen-bond acceptors (Lipinski definition) is 2. The van der Waals surface area contributed by atoms with Gasteiger partial charge in [0, 0.05) is 11.8 Å². The van der Waals surface area contributed by atoms with E-state index in [-0.39, 0.29) is 0 Å². The van der Waals surface area contributed by atoms with Crippen molar-refractivity contribution < 1.29 is 0 Å². The molecule has 1 aromatic carbocycles. The lowest BCUT2D eigenvalue weighted by Gasteiger charge is -2.11.